The third-order valence-electron chi connectivity index (χ3n) is 2.08. The summed E-state index contributed by atoms with van der Waals surface area (Å²) in [5, 5.41) is 13.5. The molecule has 0 unspecified atom stereocenters. The lowest BCUT2D eigenvalue weighted by atomic mass is 10.3. The van der Waals surface area contributed by atoms with Crippen LogP contribution in [0, 0.1) is 0 Å². The molecule has 2 heterocycles. The van der Waals surface area contributed by atoms with Crippen molar-refractivity contribution >= 4 is 11.3 Å². The van der Waals surface area contributed by atoms with Crippen LogP contribution in [0.15, 0.2) is 17.1 Å². The molecule has 0 aromatic carbocycles. The number of hydrogen-bond acceptors (Lipinski definition) is 5. The largest absolute Gasteiger partial charge is 0.309 e. The second-order valence-electron chi connectivity index (χ2n) is 3.92. The van der Waals surface area contributed by atoms with Crippen molar-refractivity contribution in [3.05, 3.63) is 28.5 Å². The zero-order valence-electron chi connectivity index (χ0n) is 9.42. The van der Waals surface area contributed by atoms with Crippen molar-refractivity contribution in [3.63, 3.8) is 0 Å². The molecule has 6 heteroatoms. The highest BCUT2D eigenvalue weighted by molar-refractivity contribution is 7.07. The Balaban J connectivity index is 1.92. The van der Waals surface area contributed by atoms with Crippen molar-refractivity contribution < 1.29 is 0 Å². The Kier molecular flexibility index (Phi) is 3.63. The molecule has 0 aliphatic heterocycles. The molecule has 5 nitrogen and oxygen atoms in total. The second-order valence-corrected chi connectivity index (χ2v) is 4.64. The van der Waals surface area contributed by atoms with Gasteiger partial charge in [-0.2, -0.15) is 0 Å². The lowest BCUT2D eigenvalue weighted by molar-refractivity contribution is 0.580. The number of hydrogen-bond donors (Lipinski definition) is 1. The molecule has 0 atom stereocenters. The lowest BCUT2D eigenvalue weighted by Crippen LogP contribution is -2.21. The third kappa shape index (κ3) is 3.11. The van der Waals surface area contributed by atoms with Crippen molar-refractivity contribution in [1.29, 1.82) is 0 Å². The Hall–Kier alpha value is -1.27. The number of rotatable bonds is 5. The van der Waals surface area contributed by atoms with Gasteiger partial charge in [0.2, 0.25) is 0 Å². The molecule has 0 amide bonds. The highest BCUT2D eigenvalue weighted by atomic mass is 32.1. The average molecular weight is 237 g/mol. The number of nitrogens with zero attached hydrogens (tertiary/aromatic N) is 4. The zero-order chi connectivity index (χ0) is 11.4. The van der Waals surface area contributed by atoms with Crippen molar-refractivity contribution in [2.45, 2.75) is 33.0 Å². The normalized spacial score (nSPS) is 11.2. The van der Waals surface area contributed by atoms with E-state index in [1.54, 1.807) is 11.3 Å². The van der Waals surface area contributed by atoms with Gasteiger partial charge >= 0.3 is 0 Å². The average Bonchev–Trinajstić information content (AvgIpc) is 2.87. The third-order valence-corrected chi connectivity index (χ3v) is 2.72. The van der Waals surface area contributed by atoms with E-state index in [-0.39, 0.29) is 0 Å². The van der Waals surface area contributed by atoms with Gasteiger partial charge in [-0.25, -0.2) is 9.67 Å². The van der Waals surface area contributed by atoms with Crippen molar-refractivity contribution in [3.8, 4) is 0 Å². The fraction of sp³-hybridized carbons (Fsp3) is 0.500. The van der Waals surface area contributed by atoms with Gasteiger partial charge in [0.05, 0.1) is 29.6 Å². The molecule has 0 saturated carbocycles. The molecule has 1 N–H and O–H groups in total. The molecule has 0 radical (unpaired) electrons. The molecule has 0 saturated heterocycles. The molecule has 0 spiro atoms. The van der Waals surface area contributed by atoms with E-state index < -0.39 is 0 Å². The molecule has 2 aromatic heterocycles. The van der Waals surface area contributed by atoms with Gasteiger partial charge < -0.3 is 5.32 Å². The summed E-state index contributed by atoms with van der Waals surface area (Å²) < 4.78 is 1.81. The van der Waals surface area contributed by atoms with Crippen LogP contribution in [0.1, 0.15) is 25.2 Å². The maximum absolute atomic E-state index is 4.21. The molecule has 16 heavy (non-hydrogen) atoms. The molecule has 0 fully saturated rings. The summed E-state index contributed by atoms with van der Waals surface area (Å²) in [7, 11) is 0. The first-order valence-corrected chi connectivity index (χ1v) is 6.18. The van der Waals surface area contributed by atoms with Crippen molar-refractivity contribution in [2.75, 3.05) is 0 Å². The summed E-state index contributed by atoms with van der Waals surface area (Å²) in [5.41, 5.74) is 3.82. The summed E-state index contributed by atoms with van der Waals surface area (Å²) >= 11 is 1.59. The van der Waals surface area contributed by atoms with Crippen LogP contribution < -0.4 is 5.32 Å². The van der Waals surface area contributed by atoms with Crippen LogP contribution in [-0.4, -0.2) is 26.0 Å². The number of nitrogens with one attached hydrogen (secondary N) is 1. The summed E-state index contributed by atoms with van der Waals surface area (Å²) in [4.78, 5) is 4.21. The minimum Gasteiger partial charge on any atom is -0.309 e. The van der Waals surface area contributed by atoms with Crippen molar-refractivity contribution in [2.24, 2.45) is 0 Å². The van der Waals surface area contributed by atoms with E-state index in [1.165, 1.54) is 0 Å². The molecule has 0 bridgehead atoms. The van der Waals surface area contributed by atoms with E-state index in [2.05, 4.69) is 34.5 Å². The Morgan fingerprint density at radius 3 is 3.00 bits per heavy atom. The Labute approximate surface area is 98.5 Å². The van der Waals surface area contributed by atoms with Crippen LogP contribution in [0.2, 0.25) is 0 Å². The smallest absolute Gasteiger partial charge is 0.0965 e. The van der Waals surface area contributed by atoms with E-state index in [0.717, 1.165) is 17.9 Å². The maximum atomic E-state index is 4.21. The lowest BCUT2D eigenvalue weighted by Gasteiger charge is -2.03. The van der Waals surface area contributed by atoms with E-state index in [4.69, 9.17) is 0 Å². The van der Waals surface area contributed by atoms with E-state index in [1.807, 2.05) is 21.8 Å². The summed E-state index contributed by atoms with van der Waals surface area (Å²) in [6.45, 7) is 5.67. The van der Waals surface area contributed by atoms with Gasteiger partial charge in [0, 0.05) is 18.0 Å². The maximum Gasteiger partial charge on any atom is 0.0965 e. The Morgan fingerprint density at radius 1 is 1.44 bits per heavy atom. The first kappa shape index (κ1) is 11.2. The monoisotopic (exact) mass is 237 g/mol. The Bertz CT molecular complexity index is 420. The van der Waals surface area contributed by atoms with Crippen LogP contribution >= 0.6 is 11.3 Å². The zero-order valence-corrected chi connectivity index (χ0v) is 10.2. The minimum atomic E-state index is 0.462. The highest BCUT2D eigenvalue weighted by Gasteiger charge is 2.03. The van der Waals surface area contributed by atoms with Crippen molar-refractivity contribution in [1.82, 2.24) is 25.3 Å². The van der Waals surface area contributed by atoms with Crippen LogP contribution in [0.5, 0.6) is 0 Å². The fourth-order valence-corrected chi connectivity index (χ4v) is 1.84. The van der Waals surface area contributed by atoms with Gasteiger partial charge in [-0.05, 0) is 0 Å². The van der Waals surface area contributed by atoms with Gasteiger partial charge in [-0.3, -0.25) is 0 Å². The SMILES string of the molecule is CC(C)NCc1cn(Cc2cscn2)nn1. The molecule has 0 aliphatic carbocycles. The van der Waals surface area contributed by atoms with Crippen LogP contribution in [-0.2, 0) is 13.1 Å². The predicted octanol–water partition coefficient (Wildman–Crippen LogP) is 1.28. The van der Waals surface area contributed by atoms with Crippen LogP contribution in [0.25, 0.3) is 0 Å². The standard InChI is InChI=1S/C10H15N5S/c1-8(2)11-3-9-4-15(14-13-9)5-10-6-16-7-12-10/h4,6-8,11H,3,5H2,1-2H3. The first-order chi connectivity index (χ1) is 7.74. The summed E-state index contributed by atoms with van der Waals surface area (Å²) in [6.07, 6.45) is 1.95. The first-order valence-electron chi connectivity index (χ1n) is 5.23. The molecule has 2 aromatic rings. The van der Waals surface area contributed by atoms with Gasteiger partial charge in [0.1, 0.15) is 0 Å². The highest BCUT2D eigenvalue weighted by Crippen LogP contribution is 2.03. The van der Waals surface area contributed by atoms with Crippen LogP contribution in [0.3, 0.4) is 0 Å². The van der Waals surface area contributed by atoms with Gasteiger partial charge in [0.25, 0.3) is 0 Å². The van der Waals surface area contributed by atoms with E-state index >= 15 is 0 Å². The fourth-order valence-electron chi connectivity index (χ4n) is 1.29. The predicted molar refractivity (Wildman–Crippen MR) is 63.2 cm³/mol. The molecule has 0 aliphatic rings. The minimum absolute atomic E-state index is 0.462. The number of thiazole rings is 1. The van der Waals surface area contributed by atoms with Crippen LogP contribution in [0.4, 0.5) is 0 Å². The van der Waals surface area contributed by atoms with Gasteiger partial charge in [0.15, 0.2) is 0 Å². The topological polar surface area (TPSA) is 55.6 Å². The Morgan fingerprint density at radius 2 is 2.31 bits per heavy atom. The molecule has 2 rings (SSSR count). The van der Waals surface area contributed by atoms with Gasteiger partial charge in [-0.1, -0.05) is 19.1 Å². The molecular formula is C10H15N5S. The number of aromatic nitrogens is 4. The van der Waals surface area contributed by atoms with E-state index in [0.29, 0.717) is 12.6 Å². The summed E-state index contributed by atoms with van der Waals surface area (Å²) in [6, 6.07) is 0.462. The van der Waals surface area contributed by atoms with E-state index in [9.17, 15) is 0 Å². The second kappa shape index (κ2) is 5.18. The molecule has 86 valence electrons. The summed E-state index contributed by atoms with van der Waals surface area (Å²) in [5.74, 6) is 0. The van der Waals surface area contributed by atoms with Gasteiger partial charge in [-0.15, -0.1) is 16.4 Å². The molecular weight excluding hydrogens is 222 g/mol. The quantitative estimate of drug-likeness (QED) is 0.851.